The van der Waals surface area contributed by atoms with Crippen LogP contribution in [-0.2, 0) is 22.4 Å². The highest BCUT2D eigenvalue weighted by molar-refractivity contribution is 5.92. The van der Waals surface area contributed by atoms with Crippen molar-refractivity contribution in [3.8, 4) is 0 Å². The van der Waals surface area contributed by atoms with Gasteiger partial charge in [0.2, 0.25) is 5.91 Å². The van der Waals surface area contributed by atoms with Crippen LogP contribution in [0.3, 0.4) is 0 Å². The van der Waals surface area contributed by atoms with Gasteiger partial charge in [0.05, 0.1) is 6.54 Å². The van der Waals surface area contributed by atoms with Crippen molar-refractivity contribution >= 4 is 12.0 Å². The third-order valence-electron chi connectivity index (χ3n) is 5.60. The smallest absolute Gasteiger partial charge is 0.408 e. The zero-order valence-corrected chi connectivity index (χ0v) is 17.8. The number of carbonyl (C=O) groups is 2. The van der Waals surface area contributed by atoms with Gasteiger partial charge < -0.3 is 15.4 Å². The lowest BCUT2D eigenvalue weighted by Gasteiger charge is -2.35. The minimum atomic E-state index is -2.35. The molecule has 1 aliphatic carbocycles. The summed E-state index contributed by atoms with van der Waals surface area (Å²) < 4.78 is 30.6. The van der Waals surface area contributed by atoms with E-state index in [1.165, 1.54) is 0 Å². The molecule has 3 rings (SSSR count). The second-order valence-corrected chi connectivity index (χ2v) is 9.27. The van der Waals surface area contributed by atoms with Crippen LogP contribution in [0.2, 0.25) is 0 Å². The standard InChI is InChI=1S/C22H31F2N3O3/c1-21(2,3)30-20(29)26-22(12-15-6-4-5-7-16(15)13-22)19(28)25-17-8-10-27(11-9-17)14-18(23)24/h4-7,17-18H,8-14H2,1-3H3,(H,25,28)(H,26,29). The first-order chi connectivity index (χ1) is 14.1. The number of alkyl carbamates (subject to hydrolysis) is 1. The lowest BCUT2D eigenvalue weighted by Crippen LogP contribution is -2.62. The summed E-state index contributed by atoms with van der Waals surface area (Å²) in [4.78, 5) is 27.6. The average Bonchev–Trinajstić information content (AvgIpc) is 3.00. The van der Waals surface area contributed by atoms with E-state index in [0.717, 1.165) is 11.1 Å². The third-order valence-corrected chi connectivity index (χ3v) is 5.60. The highest BCUT2D eigenvalue weighted by atomic mass is 19.3. The molecule has 166 valence electrons. The van der Waals surface area contributed by atoms with Gasteiger partial charge in [0.1, 0.15) is 11.1 Å². The van der Waals surface area contributed by atoms with Gasteiger partial charge in [0, 0.05) is 32.0 Å². The van der Waals surface area contributed by atoms with Gasteiger partial charge in [0.15, 0.2) is 0 Å². The zero-order chi connectivity index (χ0) is 21.9. The van der Waals surface area contributed by atoms with Gasteiger partial charge in [-0.3, -0.25) is 9.69 Å². The number of hydrogen-bond donors (Lipinski definition) is 2. The highest BCUT2D eigenvalue weighted by Crippen LogP contribution is 2.31. The van der Waals surface area contributed by atoms with Gasteiger partial charge >= 0.3 is 6.09 Å². The first-order valence-electron chi connectivity index (χ1n) is 10.5. The Hall–Kier alpha value is -2.22. The summed E-state index contributed by atoms with van der Waals surface area (Å²) in [6, 6.07) is 7.65. The Balaban J connectivity index is 1.68. The van der Waals surface area contributed by atoms with E-state index >= 15 is 0 Å². The minimum Gasteiger partial charge on any atom is -0.444 e. The molecule has 1 heterocycles. The Morgan fingerprint density at radius 1 is 1.17 bits per heavy atom. The first kappa shape index (κ1) is 22.5. The van der Waals surface area contributed by atoms with Gasteiger partial charge in [0.25, 0.3) is 6.43 Å². The van der Waals surface area contributed by atoms with Crippen LogP contribution >= 0.6 is 0 Å². The van der Waals surface area contributed by atoms with E-state index in [1.807, 2.05) is 24.3 Å². The third kappa shape index (κ3) is 5.68. The van der Waals surface area contributed by atoms with Crippen LogP contribution in [-0.4, -0.2) is 60.1 Å². The molecule has 8 heteroatoms. The van der Waals surface area contributed by atoms with Crippen molar-refractivity contribution in [2.45, 2.75) is 70.1 Å². The van der Waals surface area contributed by atoms with Crippen molar-refractivity contribution in [1.29, 1.82) is 0 Å². The van der Waals surface area contributed by atoms with E-state index in [-0.39, 0.29) is 18.5 Å². The number of alkyl halides is 2. The molecule has 0 saturated carbocycles. The SMILES string of the molecule is CC(C)(C)OC(=O)NC1(C(=O)NC2CCN(CC(F)F)CC2)Cc2ccccc2C1. The fraction of sp³-hybridized carbons (Fsp3) is 0.636. The topological polar surface area (TPSA) is 70.7 Å². The van der Waals surface area contributed by atoms with Crippen LogP contribution in [0.15, 0.2) is 24.3 Å². The van der Waals surface area contributed by atoms with E-state index in [2.05, 4.69) is 10.6 Å². The fourth-order valence-corrected chi connectivity index (χ4v) is 4.20. The average molecular weight is 424 g/mol. The molecule has 0 spiro atoms. The number of fused-ring (bicyclic) bond motifs is 1. The molecule has 0 bridgehead atoms. The molecule has 1 saturated heterocycles. The number of piperidine rings is 1. The molecule has 1 fully saturated rings. The quantitative estimate of drug-likeness (QED) is 0.764. The van der Waals surface area contributed by atoms with Crippen LogP contribution in [0.25, 0.3) is 0 Å². The van der Waals surface area contributed by atoms with E-state index in [9.17, 15) is 18.4 Å². The molecule has 2 N–H and O–H groups in total. The summed E-state index contributed by atoms with van der Waals surface area (Å²) in [6.07, 6.45) is -0.995. The van der Waals surface area contributed by atoms with Gasteiger partial charge in [-0.2, -0.15) is 0 Å². The lowest BCUT2D eigenvalue weighted by molar-refractivity contribution is -0.128. The summed E-state index contributed by atoms with van der Waals surface area (Å²) in [7, 11) is 0. The maximum Gasteiger partial charge on any atom is 0.408 e. The number of nitrogens with one attached hydrogen (secondary N) is 2. The van der Waals surface area contributed by atoms with Crippen molar-refractivity contribution in [2.75, 3.05) is 19.6 Å². The Morgan fingerprint density at radius 2 is 1.73 bits per heavy atom. The maximum absolute atomic E-state index is 13.3. The van der Waals surface area contributed by atoms with Gasteiger partial charge in [-0.15, -0.1) is 0 Å². The minimum absolute atomic E-state index is 0.104. The fourth-order valence-electron chi connectivity index (χ4n) is 4.20. The predicted molar refractivity (Wildman–Crippen MR) is 110 cm³/mol. The van der Waals surface area contributed by atoms with Crippen molar-refractivity contribution in [2.24, 2.45) is 0 Å². The zero-order valence-electron chi connectivity index (χ0n) is 17.8. The van der Waals surface area contributed by atoms with Crippen LogP contribution < -0.4 is 10.6 Å². The number of rotatable bonds is 5. The van der Waals surface area contributed by atoms with Crippen molar-refractivity contribution in [1.82, 2.24) is 15.5 Å². The number of hydrogen-bond acceptors (Lipinski definition) is 4. The Kier molecular flexibility index (Phi) is 6.65. The molecule has 0 unspecified atom stereocenters. The van der Waals surface area contributed by atoms with Crippen LogP contribution in [0.5, 0.6) is 0 Å². The van der Waals surface area contributed by atoms with E-state index in [0.29, 0.717) is 38.8 Å². The molecule has 0 radical (unpaired) electrons. The summed E-state index contributed by atoms with van der Waals surface area (Å²) >= 11 is 0. The number of ether oxygens (including phenoxy) is 1. The second kappa shape index (κ2) is 8.88. The number of nitrogens with zero attached hydrogens (tertiary/aromatic N) is 1. The number of carbonyl (C=O) groups excluding carboxylic acids is 2. The molecule has 1 aromatic carbocycles. The normalized spacial score (nSPS) is 19.4. The summed E-state index contributed by atoms with van der Waals surface area (Å²) in [5.41, 5.74) is 0.252. The van der Waals surface area contributed by atoms with E-state index in [4.69, 9.17) is 4.74 Å². The molecule has 30 heavy (non-hydrogen) atoms. The van der Waals surface area contributed by atoms with Gasteiger partial charge in [-0.05, 0) is 44.7 Å². The van der Waals surface area contributed by atoms with Crippen molar-refractivity contribution in [3.63, 3.8) is 0 Å². The molecule has 0 aromatic heterocycles. The van der Waals surface area contributed by atoms with E-state index in [1.54, 1.807) is 25.7 Å². The van der Waals surface area contributed by atoms with Crippen molar-refractivity contribution < 1.29 is 23.1 Å². The highest BCUT2D eigenvalue weighted by Gasteiger charge is 2.46. The Morgan fingerprint density at radius 3 is 2.23 bits per heavy atom. The Labute approximate surface area is 176 Å². The van der Waals surface area contributed by atoms with Gasteiger partial charge in [-0.25, -0.2) is 13.6 Å². The molecule has 0 atom stereocenters. The molecule has 1 aromatic rings. The summed E-state index contributed by atoms with van der Waals surface area (Å²) in [6.45, 7) is 6.12. The number of benzene rings is 1. The summed E-state index contributed by atoms with van der Waals surface area (Å²) in [5, 5.41) is 5.89. The molecule has 2 aliphatic rings. The Bertz CT molecular complexity index is 746. The number of halogens is 2. The molecular weight excluding hydrogens is 392 g/mol. The second-order valence-electron chi connectivity index (χ2n) is 9.27. The molecular formula is C22H31F2N3O3. The van der Waals surface area contributed by atoms with Crippen molar-refractivity contribution in [3.05, 3.63) is 35.4 Å². The monoisotopic (exact) mass is 423 g/mol. The van der Waals surface area contributed by atoms with Crippen LogP contribution in [0.1, 0.15) is 44.7 Å². The summed E-state index contributed by atoms with van der Waals surface area (Å²) in [5.74, 6) is -0.253. The predicted octanol–water partition coefficient (Wildman–Crippen LogP) is 2.89. The maximum atomic E-state index is 13.3. The number of amides is 2. The largest absolute Gasteiger partial charge is 0.444 e. The molecule has 1 aliphatic heterocycles. The first-order valence-corrected chi connectivity index (χ1v) is 10.5. The number of likely N-dealkylation sites (tertiary alicyclic amines) is 1. The molecule has 2 amide bonds. The molecule has 6 nitrogen and oxygen atoms in total. The van der Waals surface area contributed by atoms with Gasteiger partial charge in [-0.1, -0.05) is 24.3 Å². The lowest BCUT2D eigenvalue weighted by atomic mass is 9.93. The van der Waals surface area contributed by atoms with Crippen LogP contribution in [0, 0.1) is 0 Å². The van der Waals surface area contributed by atoms with E-state index < -0.39 is 23.7 Å². The van der Waals surface area contributed by atoms with Crippen LogP contribution in [0.4, 0.5) is 13.6 Å².